The second kappa shape index (κ2) is 10.1. The molecule has 5 heteroatoms. The SMILES string of the molecule is CCCCOC(=O)CCC(=O)OC(CC)OC. The first-order valence-corrected chi connectivity index (χ1v) is 6.01. The number of carbonyl (C=O) groups excluding carboxylic acids is 2. The Morgan fingerprint density at radius 2 is 1.76 bits per heavy atom. The minimum absolute atomic E-state index is 0.0326. The van der Waals surface area contributed by atoms with Crippen LogP contribution in [0, 0.1) is 0 Å². The van der Waals surface area contributed by atoms with Crippen molar-refractivity contribution >= 4 is 11.9 Å². The zero-order valence-electron chi connectivity index (χ0n) is 10.9. The monoisotopic (exact) mass is 246 g/mol. The van der Waals surface area contributed by atoms with Gasteiger partial charge in [0, 0.05) is 13.5 Å². The van der Waals surface area contributed by atoms with E-state index in [1.165, 1.54) is 7.11 Å². The summed E-state index contributed by atoms with van der Waals surface area (Å²) in [4.78, 5) is 22.5. The summed E-state index contributed by atoms with van der Waals surface area (Å²) in [6, 6.07) is 0. The van der Waals surface area contributed by atoms with Crippen molar-refractivity contribution in [2.75, 3.05) is 13.7 Å². The number of esters is 2. The fraction of sp³-hybridized carbons (Fsp3) is 0.833. The first-order valence-electron chi connectivity index (χ1n) is 6.01. The molecule has 0 aliphatic carbocycles. The van der Waals surface area contributed by atoms with E-state index in [1.54, 1.807) is 0 Å². The maximum atomic E-state index is 11.3. The predicted molar refractivity (Wildman–Crippen MR) is 62.3 cm³/mol. The van der Waals surface area contributed by atoms with Crippen molar-refractivity contribution in [3.05, 3.63) is 0 Å². The highest BCUT2D eigenvalue weighted by atomic mass is 16.7. The maximum absolute atomic E-state index is 11.3. The van der Waals surface area contributed by atoms with Crippen LogP contribution in [0.25, 0.3) is 0 Å². The molecule has 0 N–H and O–H groups in total. The summed E-state index contributed by atoms with van der Waals surface area (Å²) in [6.07, 6.45) is 1.97. The molecule has 0 aliphatic rings. The molecular formula is C12H22O5. The molecule has 0 aromatic rings. The zero-order valence-corrected chi connectivity index (χ0v) is 10.9. The van der Waals surface area contributed by atoms with Crippen LogP contribution in [0.2, 0.25) is 0 Å². The van der Waals surface area contributed by atoms with E-state index in [2.05, 4.69) is 0 Å². The molecule has 0 bridgehead atoms. The average molecular weight is 246 g/mol. The molecule has 0 heterocycles. The maximum Gasteiger partial charge on any atom is 0.308 e. The van der Waals surface area contributed by atoms with Gasteiger partial charge in [0.05, 0.1) is 19.4 Å². The average Bonchev–Trinajstić information content (AvgIpc) is 2.33. The molecule has 0 aliphatic heterocycles. The van der Waals surface area contributed by atoms with Crippen molar-refractivity contribution < 1.29 is 23.8 Å². The summed E-state index contributed by atoms with van der Waals surface area (Å²) < 4.78 is 14.8. The van der Waals surface area contributed by atoms with Gasteiger partial charge >= 0.3 is 11.9 Å². The van der Waals surface area contributed by atoms with E-state index < -0.39 is 12.3 Å². The summed E-state index contributed by atoms with van der Waals surface area (Å²) in [5.74, 6) is -0.799. The van der Waals surface area contributed by atoms with Crippen LogP contribution >= 0.6 is 0 Å². The Morgan fingerprint density at radius 1 is 1.12 bits per heavy atom. The Morgan fingerprint density at radius 3 is 2.29 bits per heavy atom. The molecular weight excluding hydrogens is 224 g/mol. The van der Waals surface area contributed by atoms with E-state index in [4.69, 9.17) is 14.2 Å². The number of hydrogen-bond acceptors (Lipinski definition) is 5. The van der Waals surface area contributed by atoms with Crippen molar-refractivity contribution in [1.82, 2.24) is 0 Å². The van der Waals surface area contributed by atoms with Gasteiger partial charge < -0.3 is 14.2 Å². The molecule has 0 spiro atoms. The number of methoxy groups -OCH3 is 1. The predicted octanol–water partition coefficient (Wildman–Crippen LogP) is 2.04. The molecule has 0 saturated carbocycles. The summed E-state index contributed by atoms with van der Waals surface area (Å²) >= 11 is 0. The number of carbonyl (C=O) groups is 2. The van der Waals surface area contributed by atoms with Gasteiger partial charge in [-0.1, -0.05) is 20.3 Å². The highest BCUT2D eigenvalue weighted by molar-refractivity contribution is 5.77. The lowest BCUT2D eigenvalue weighted by Crippen LogP contribution is -2.20. The molecule has 0 saturated heterocycles. The van der Waals surface area contributed by atoms with E-state index in [0.29, 0.717) is 13.0 Å². The first kappa shape index (κ1) is 15.9. The van der Waals surface area contributed by atoms with Gasteiger partial charge in [-0.25, -0.2) is 0 Å². The number of hydrogen-bond donors (Lipinski definition) is 0. The van der Waals surface area contributed by atoms with Crippen molar-refractivity contribution in [2.24, 2.45) is 0 Å². The van der Waals surface area contributed by atoms with Crippen LogP contribution in [0.1, 0.15) is 46.0 Å². The third kappa shape index (κ3) is 8.68. The smallest absolute Gasteiger partial charge is 0.308 e. The van der Waals surface area contributed by atoms with Crippen molar-refractivity contribution in [1.29, 1.82) is 0 Å². The lowest BCUT2D eigenvalue weighted by molar-refractivity contribution is -0.175. The fourth-order valence-electron chi connectivity index (χ4n) is 1.11. The van der Waals surface area contributed by atoms with E-state index in [-0.39, 0.29) is 18.8 Å². The largest absolute Gasteiger partial charge is 0.466 e. The van der Waals surface area contributed by atoms with Gasteiger partial charge in [-0.15, -0.1) is 0 Å². The molecule has 17 heavy (non-hydrogen) atoms. The summed E-state index contributed by atoms with van der Waals surface area (Å²) in [6.45, 7) is 4.28. The molecule has 0 aromatic heterocycles. The van der Waals surface area contributed by atoms with Crippen LogP contribution in [-0.2, 0) is 23.8 Å². The quantitative estimate of drug-likeness (QED) is 0.354. The minimum atomic E-state index is -0.529. The number of unbranched alkanes of at least 4 members (excludes halogenated alkanes) is 1. The zero-order chi connectivity index (χ0) is 13.1. The second-order valence-corrected chi connectivity index (χ2v) is 3.64. The Hall–Kier alpha value is -1.10. The van der Waals surface area contributed by atoms with E-state index >= 15 is 0 Å². The molecule has 0 radical (unpaired) electrons. The van der Waals surface area contributed by atoms with Crippen LogP contribution in [-0.4, -0.2) is 31.9 Å². The van der Waals surface area contributed by atoms with Gasteiger partial charge in [-0.3, -0.25) is 9.59 Å². The highest BCUT2D eigenvalue weighted by Gasteiger charge is 2.13. The topological polar surface area (TPSA) is 61.8 Å². The normalized spacial score (nSPS) is 11.9. The van der Waals surface area contributed by atoms with Crippen LogP contribution in [0.4, 0.5) is 0 Å². The van der Waals surface area contributed by atoms with Gasteiger partial charge in [0.15, 0.2) is 0 Å². The van der Waals surface area contributed by atoms with E-state index in [1.807, 2.05) is 13.8 Å². The van der Waals surface area contributed by atoms with E-state index in [0.717, 1.165) is 12.8 Å². The molecule has 5 nitrogen and oxygen atoms in total. The first-order chi connectivity index (χ1) is 8.13. The van der Waals surface area contributed by atoms with Gasteiger partial charge in [0.2, 0.25) is 6.29 Å². The molecule has 0 fully saturated rings. The summed E-state index contributed by atoms with van der Waals surface area (Å²) in [7, 11) is 1.47. The summed E-state index contributed by atoms with van der Waals surface area (Å²) in [5.41, 5.74) is 0. The molecule has 100 valence electrons. The number of rotatable bonds is 9. The van der Waals surface area contributed by atoms with Crippen LogP contribution in [0.15, 0.2) is 0 Å². The van der Waals surface area contributed by atoms with Crippen molar-refractivity contribution in [3.8, 4) is 0 Å². The molecule has 0 rings (SSSR count). The molecule has 0 aromatic carbocycles. The fourth-order valence-corrected chi connectivity index (χ4v) is 1.11. The van der Waals surface area contributed by atoms with Gasteiger partial charge in [0.25, 0.3) is 0 Å². The van der Waals surface area contributed by atoms with Crippen LogP contribution in [0.5, 0.6) is 0 Å². The molecule has 1 unspecified atom stereocenters. The van der Waals surface area contributed by atoms with Gasteiger partial charge in [0.1, 0.15) is 0 Å². The van der Waals surface area contributed by atoms with Gasteiger partial charge in [-0.05, 0) is 6.42 Å². The summed E-state index contributed by atoms with van der Waals surface area (Å²) in [5, 5.41) is 0. The lowest BCUT2D eigenvalue weighted by atomic mass is 10.3. The lowest BCUT2D eigenvalue weighted by Gasteiger charge is -2.13. The van der Waals surface area contributed by atoms with Crippen LogP contribution < -0.4 is 0 Å². The van der Waals surface area contributed by atoms with Gasteiger partial charge in [-0.2, -0.15) is 0 Å². The Balaban J connectivity index is 3.65. The third-order valence-corrected chi connectivity index (χ3v) is 2.15. The van der Waals surface area contributed by atoms with E-state index in [9.17, 15) is 9.59 Å². The van der Waals surface area contributed by atoms with Crippen LogP contribution in [0.3, 0.4) is 0 Å². The highest BCUT2D eigenvalue weighted by Crippen LogP contribution is 2.03. The van der Waals surface area contributed by atoms with Crippen molar-refractivity contribution in [3.63, 3.8) is 0 Å². The minimum Gasteiger partial charge on any atom is -0.466 e. The Kier molecular flexibility index (Phi) is 9.43. The second-order valence-electron chi connectivity index (χ2n) is 3.64. The molecule has 0 amide bonds. The third-order valence-electron chi connectivity index (χ3n) is 2.15. The Bertz CT molecular complexity index is 223. The molecule has 1 atom stereocenters. The number of ether oxygens (including phenoxy) is 3. The van der Waals surface area contributed by atoms with Crippen molar-refractivity contribution in [2.45, 2.75) is 52.2 Å². The Labute approximate surface area is 102 Å². The standard InChI is InChI=1S/C12H22O5/c1-4-6-9-16-10(13)7-8-11(14)17-12(5-2)15-3/h12H,4-9H2,1-3H3.